The topological polar surface area (TPSA) is 0 Å². The Kier molecular flexibility index (Phi) is 7.85. The van der Waals surface area contributed by atoms with Crippen LogP contribution in [-0.4, -0.2) is 0 Å². The number of benzene rings is 4. The molecule has 0 amide bonds. The Morgan fingerprint density at radius 2 is 0.742 bits per heavy atom. The number of hydrogen-bond donors (Lipinski definition) is 0. The normalized spacial score (nSPS) is 10.9. The molecule has 4 rings (SSSR count). The van der Waals surface area contributed by atoms with Crippen LogP contribution in [0, 0.1) is 13.8 Å². The summed E-state index contributed by atoms with van der Waals surface area (Å²) in [7, 11) is 0. The summed E-state index contributed by atoms with van der Waals surface area (Å²) >= 11 is 5.60. The van der Waals surface area contributed by atoms with E-state index < -0.39 is 0 Å². The molecule has 4 aromatic rings. The molecule has 0 spiro atoms. The highest BCUT2D eigenvalue weighted by Crippen LogP contribution is 2.32. The van der Waals surface area contributed by atoms with Crippen LogP contribution in [0.1, 0.15) is 22.3 Å². The number of aryl methyl sites for hydroxylation is 2. The third-order valence-electron chi connectivity index (χ3n) is 4.94. The molecule has 0 bridgehead atoms. The monoisotopic (exact) mass is 458 g/mol. The van der Waals surface area contributed by atoms with E-state index in [1.165, 1.54) is 41.8 Å². The maximum atomic E-state index is 2.23. The number of rotatable bonds is 8. The second-order valence-electron chi connectivity index (χ2n) is 7.59. The number of hydrogen-bond acceptors (Lipinski definition) is 3. The summed E-state index contributed by atoms with van der Waals surface area (Å²) in [5.41, 5.74) is 5.37. The number of thioether (sulfide) groups is 2. The minimum absolute atomic E-state index is 1.01. The first-order valence-electron chi connectivity index (χ1n) is 10.4. The van der Waals surface area contributed by atoms with Gasteiger partial charge in [0.05, 0.1) is 0 Å². The van der Waals surface area contributed by atoms with E-state index in [4.69, 9.17) is 0 Å². The van der Waals surface area contributed by atoms with Crippen molar-refractivity contribution in [2.24, 2.45) is 0 Å². The molecular weight excluding hydrogens is 433 g/mol. The molecule has 0 heterocycles. The van der Waals surface area contributed by atoms with Gasteiger partial charge in [0.2, 0.25) is 0 Å². The second kappa shape index (κ2) is 11.0. The van der Waals surface area contributed by atoms with Crippen molar-refractivity contribution < 1.29 is 0 Å². The molecule has 0 fully saturated rings. The fraction of sp³-hybridized carbons (Fsp3) is 0.143. The zero-order valence-electron chi connectivity index (χ0n) is 17.9. The van der Waals surface area contributed by atoms with Crippen molar-refractivity contribution in [2.75, 3.05) is 0 Å². The Balaban J connectivity index is 1.27. The summed E-state index contributed by atoms with van der Waals surface area (Å²) in [5, 5.41) is 0. The van der Waals surface area contributed by atoms with Crippen molar-refractivity contribution in [3.05, 3.63) is 119 Å². The smallest absolute Gasteiger partial charge is 0.0231 e. The summed E-state index contributed by atoms with van der Waals surface area (Å²) < 4.78 is 0. The van der Waals surface area contributed by atoms with E-state index in [1.807, 2.05) is 35.3 Å². The van der Waals surface area contributed by atoms with Gasteiger partial charge in [-0.15, -0.1) is 23.5 Å². The molecule has 0 atom stereocenters. The lowest BCUT2D eigenvalue weighted by atomic mass is 10.2. The fourth-order valence-electron chi connectivity index (χ4n) is 3.05. The van der Waals surface area contributed by atoms with Crippen LogP contribution in [0.3, 0.4) is 0 Å². The molecule has 0 N–H and O–H groups in total. The van der Waals surface area contributed by atoms with Gasteiger partial charge in [-0.25, -0.2) is 0 Å². The average molecular weight is 459 g/mol. The van der Waals surface area contributed by atoms with Gasteiger partial charge in [0.1, 0.15) is 0 Å². The predicted octanol–water partition coefficient (Wildman–Crippen LogP) is 9.04. The Hall–Kier alpha value is -2.07. The molecule has 0 aromatic heterocycles. The van der Waals surface area contributed by atoms with Crippen molar-refractivity contribution in [1.82, 2.24) is 0 Å². The lowest BCUT2D eigenvalue weighted by Gasteiger charge is -2.07. The van der Waals surface area contributed by atoms with Gasteiger partial charge < -0.3 is 0 Å². The zero-order chi connectivity index (χ0) is 21.5. The van der Waals surface area contributed by atoms with Crippen molar-refractivity contribution in [2.45, 2.75) is 44.9 Å². The van der Waals surface area contributed by atoms with Crippen molar-refractivity contribution in [1.29, 1.82) is 0 Å². The first-order valence-corrected chi connectivity index (χ1v) is 13.2. The molecule has 0 radical (unpaired) electrons. The lowest BCUT2D eigenvalue weighted by Crippen LogP contribution is -1.82. The van der Waals surface area contributed by atoms with Gasteiger partial charge in [-0.3, -0.25) is 0 Å². The largest absolute Gasteiger partial charge is 0.121 e. The van der Waals surface area contributed by atoms with E-state index in [0.29, 0.717) is 0 Å². The summed E-state index contributed by atoms with van der Waals surface area (Å²) in [4.78, 5) is 5.18. The van der Waals surface area contributed by atoms with Gasteiger partial charge in [0.15, 0.2) is 0 Å². The molecule has 4 aromatic carbocycles. The van der Waals surface area contributed by atoms with Crippen LogP contribution in [0.25, 0.3) is 0 Å². The molecule has 0 nitrogen and oxygen atoms in total. The maximum absolute atomic E-state index is 2.23. The van der Waals surface area contributed by atoms with Crippen molar-refractivity contribution in [3.63, 3.8) is 0 Å². The SMILES string of the molecule is Cc1ccc(CSc2ccc(Sc3ccc(SCc4ccc(C)cc4)cc3)cc2)cc1. The van der Waals surface area contributed by atoms with Gasteiger partial charge in [0, 0.05) is 31.1 Å². The first-order chi connectivity index (χ1) is 15.1. The van der Waals surface area contributed by atoms with E-state index in [9.17, 15) is 0 Å². The molecule has 0 saturated carbocycles. The van der Waals surface area contributed by atoms with Gasteiger partial charge in [-0.05, 0) is 73.5 Å². The van der Waals surface area contributed by atoms with Gasteiger partial charge in [-0.1, -0.05) is 71.4 Å². The predicted molar refractivity (Wildman–Crippen MR) is 138 cm³/mol. The molecule has 0 aliphatic heterocycles. The maximum Gasteiger partial charge on any atom is 0.0231 e. The minimum atomic E-state index is 1.01. The third-order valence-corrected chi connectivity index (χ3v) is 8.12. The molecular formula is C28H26S3. The molecule has 31 heavy (non-hydrogen) atoms. The minimum Gasteiger partial charge on any atom is -0.121 e. The van der Waals surface area contributed by atoms with Crippen molar-refractivity contribution >= 4 is 35.3 Å². The van der Waals surface area contributed by atoms with Gasteiger partial charge in [0.25, 0.3) is 0 Å². The van der Waals surface area contributed by atoms with E-state index in [0.717, 1.165) is 11.5 Å². The second-order valence-corrected chi connectivity index (χ2v) is 10.8. The fourth-order valence-corrected chi connectivity index (χ4v) is 5.57. The quantitative estimate of drug-likeness (QED) is 0.242. The van der Waals surface area contributed by atoms with Crippen LogP contribution >= 0.6 is 35.3 Å². The van der Waals surface area contributed by atoms with E-state index in [1.54, 1.807) is 0 Å². The van der Waals surface area contributed by atoms with Crippen LogP contribution in [0.4, 0.5) is 0 Å². The Morgan fingerprint density at radius 3 is 1.10 bits per heavy atom. The van der Waals surface area contributed by atoms with E-state index >= 15 is 0 Å². The molecule has 3 heteroatoms. The van der Waals surface area contributed by atoms with Crippen molar-refractivity contribution in [3.8, 4) is 0 Å². The third kappa shape index (κ3) is 6.96. The molecule has 156 valence electrons. The van der Waals surface area contributed by atoms with E-state index in [-0.39, 0.29) is 0 Å². The van der Waals surface area contributed by atoms with Gasteiger partial charge in [-0.2, -0.15) is 0 Å². The summed E-state index contributed by atoms with van der Waals surface area (Å²) in [6.07, 6.45) is 0. The summed E-state index contributed by atoms with van der Waals surface area (Å²) in [5.74, 6) is 2.02. The van der Waals surface area contributed by atoms with Crippen LogP contribution in [0.2, 0.25) is 0 Å². The molecule has 0 unspecified atom stereocenters. The first kappa shape index (κ1) is 22.1. The van der Waals surface area contributed by atoms with Crippen LogP contribution < -0.4 is 0 Å². The van der Waals surface area contributed by atoms with E-state index in [2.05, 4.69) is 111 Å². The Bertz CT molecular complexity index is 990. The highest BCUT2D eigenvalue weighted by molar-refractivity contribution is 7.99. The van der Waals surface area contributed by atoms with Crippen LogP contribution in [-0.2, 0) is 11.5 Å². The molecule has 0 aliphatic rings. The highest BCUT2D eigenvalue weighted by atomic mass is 32.2. The average Bonchev–Trinajstić information content (AvgIpc) is 2.80. The molecule has 0 saturated heterocycles. The van der Waals surface area contributed by atoms with Crippen LogP contribution in [0.5, 0.6) is 0 Å². The zero-order valence-corrected chi connectivity index (χ0v) is 20.3. The molecule has 0 aliphatic carbocycles. The standard InChI is InChI=1S/C28H26S3/c1-21-3-7-23(8-4-21)19-29-25-11-15-27(16-12-25)31-28-17-13-26(14-18-28)30-20-24-9-5-22(2)6-10-24/h3-18H,19-20H2,1-2H3. The Labute approximate surface area is 198 Å². The van der Waals surface area contributed by atoms with Gasteiger partial charge >= 0.3 is 0 Å². The Morgan fingerprint density at radius 1 is 0.419 bits per heavy atom. The highest BCUT2D eigenvalue weighted by Gasteiger charge is 2.02. The summed E-state index contributed by atoms with van der Waals surface area (Å²) in [6, 6.07) is 35.4. The lowest BCUT2D eigenvalue weighted by molar-refractivity contribution is 1.30. The van der Waals surface area contributed by atoms with Crippen LogP contribution in [0.15, 0.2) is 117 Å². The summed E-state index contributed by atoms with van der Waals surface area (Å²) in [6.45, 7) is 4.26.